The lowest BCUT2D eigenvalue weighted by Crippen LogP contribution is -2.45. The third-order valence-corrected chi connectivity index (χ3v) is 12.0. The van der Waals surface area contributed by atoms with Gasteiger partial charge in [0.05, 0.1) is 33.1 Å². The average molecular weight is 986 g/mol. The zero-order valence-corrected chi connectivity index (χ0v) is 36.8. The zero-order valence-electron chi connectivity index (χ0n) is 35.2. The number of rotatable bonds is 10. The van der Waals surface area contributed by atoms with Crippen molar-refractivity contribution >= 4 is 79.6 Å². The van der Waals surface area contributed by atoms with Crippen LogP contribution in [0.3, 0.4) is 0 Å². The van der Waals surface area contributed by atoms with Gasteiger partial charge >= 0.3 is 12.2 Å². The molecule has 4 heterocycles. The van der Waals surface area contributed by atoms with Gasteiger partial charge in [0.1, 0.15) is 18.5 Å². The average Bonchev–Trinajstić information content (AvgIpc) is 4.05. The molecule has 0 fully saturated rings. The number of aromatic amines is 2. The van der Waals surface area contributed by atoms with Crippen LogP contribution in [0.2, 0.25) is 0 Å². The number of carbonyl (C=O) groups excluding carboxylic acids is 3. The van der Waals surface area contributed by atoms with E-state index in [-0.39, 0.29) is 35.4 Å². The number of nitrogens with zero attached hydrogens (tertiary/aromatic N) is 4. The van der Waals surface area contributed by atoms with Crippen molar-refractivity contribution in [3.63, 3.8) is 0 Å². The van der Waals surface area contributed by atoms with Crippen LogP contribution in [-0.2, 0) is 22.7 Å². The molecule has 3 atom stereocenters. The summed E-state index contributed by atoms with van der Waals surface area (Å²) in [7, 11) is 0. The highest BCUT2D eigenvalue weighted by Gasteiger charge is 2.51. The highest BCUT2D eigenvalue weighted by atomic mass is 79.9. The third-order valence-electron chi connectivity index (χ3n) is 11.4. The van der Waals surface area contributed by atoms with Crippen LogP contribution in [-0.4, -0.2) is 93.7 Å². The number of aromatic nitrogens is 4. The van der Waals surface area contributed by atoms with Crippen LogP contribution in [0.1, 0.15) is 48.5 Å². The molecule has 20 heteroatoms. The molecule has 2 aliphatic heterocycles. The number of fused-ring (bicyclic) bond motifs is 4. The summed E-state index contributed by atoms with van der Waals surface area (Å²) in [6.45, 7) is -0.703. The van der Waals surface area contributed by atoms with Gasteiger partial charge in [0.25, 0.3) is 11.8 Å². The van der Waals surface area contributed by atoms with Crippen LogP contribution in [0.4, 0.5) is 31.6 Å². The SMILES string of the molecule is O=C(Nc1nc2ccc(C3(O)c4ccccc4C(=O)N3Cc3ccccc3)cc2[nH]1)OCC(O)CO.O=C(O)Nc1nc2ccc(C3(O)c4ccccc4C(=O)N3c3ccc(F)c(Br)c3)cc2[nH]1. The summed E-state index contributed by atoms with van der Waals surface area (Å²) in [4.78, 5) is 66.4. The van der Waals surface area contributed by atoms with Gasteiger partial charge in [0.2, 0.25) is 11.9 Å². The van der Waals surface area contributed by atoms with E-state index in [4.69, 9.17) is 14.9 Å². The fraction of sp³-hybridized carbons (Fsp3) is 0.125. The second-order valence-electron chi connectivity index (χ2n) is 15.7. The molecule has 0 aliphatic carbocycles. The normalized spacial score (nSPS) is 17.7. The molecule has 0 bridgehead atoms. The van der Waals surface area contributed by atoms with Crippen molar-refractivity contribution in [3.05, 3.63) is 183 Å². The summed E-state index contributed by atoms with van der Waals surface area (Å²) in [6, 6.07) is 37.0. The monoisotopic (exact) mass is 984 g/mol. The highest BCUT2D eigenvalue weighted by Crippen LogP contribution is 2.47. The van der Waals surface area contributed by atoms with E-state index in [2.05, 4.69) is 46.5 Å². The minimum atomic E-state index is -1.90. The third kappa shape index (κ3) is 8.15. The van der Waals surface area contributed by atoms with Crippen molar-refractivity contribution in [3.8, 4) is 0 Å². The molecule has 2 aromatic heterocycles. The number of aliphatic hydroxyl groups excluding tert-OH is 2. The van der Waals surface area contributed by atoms with Gasteiger partial charge in [0.15, 0.2) is 11.4 Å². The van der Waals surface area contributed by atoms with E-state index in [1.165, 1.54) is 28.0 Å². The Balaban J connectivity index is 0.000000171. The van der Waals surface area contributed by atoms with E-state index < -0.39 is 48.1 Å². The summed E-state index contributed by atoms with van der Waals surface area (Å²) in [5.74, 6) is -1.10. The Labute approximate surface area is 392 Å². The number of carboxylic acid groups (broad SMARTS) is 1. The number of nitrogens with one attached hydrogen (secondary N) is 4. The number of amides is 4. The summed E-state index contributed by atoms with van der Waals surface area (Å²) in [6.07, 6.45) is -3.30. The fourth-order valence-electron chi connectivity index (χ4n) is 8.28. The Kier molecular flexibility index (Phi) is 12.0. The van der Waals surface area contributed by atoms with Crippen molar-refractivity contribution in [2.24, 2.45) is 0 Å². The second kappa shape index (κ2) is 18.0. The fourth-order valence-corrected chi connectivity index (χ4v) is 8.65. The molecule has 18 nitrogen and oxygen atoms in total. The predicted molar refractivity (Wildman–Crippen MR) is 248 cm³/mol. The Morgan fingerprint density at radius 3 is 1.90 bits per heavy atom. The molecule has 2 aliphatic rings. The second-order valence-corrected chi connectivity index (χ2v) is 16.5. The van der Waals surface area contributed by atoms with Crippen LogP contribution in [0, 0.1) is 5.82 Å². The topological polar surface area (TPSA) is 267 Å². The molecule has 0 spiro atoms. The maximum atomic E-state index is 13.9. The number of carbonyl (C=O) groups is 4. The van der Waals surface area contributed by atoms with E-state index in [0.717, 1.165) is 5.56 Å². The molecule has 0 saturated carbocycles. The van der Waals surface area contributed by atoms with Crippen molar-refractivity contribution in [2.75, 3.05) is 28.7 Å². The lowest BCUT2D eigenvalue weighted by Gasteiger charge is -2.35. The van der Waals surface area contributed by atoms with E-state index in [0.29, 0.717) is 61.1 Å². The summed E-state index contributed by atoms with van der Waals surface area (Å²) < 4.78 is 18.8. The number of aliphatic hydroxyl groups is 4. The molecule has 9 N–H and O–H groups in total. The maximum Gasteiger partial charge on any atom is 0.414 e. The van der Waals surface area contributed by atoms with Gasteiger partial charge in [-0.15, -0.1) is 0 Å². The van der Waals surface area contributed by atoms with Crippen LogP contribution in [0.15, 0.2) is 138 Å². The molecular weight excluding hydrogens is 947 g/mol. The van der Waals surface area contributed by atoms with Gasteiger partial charge < -0.3 is 40.2 Å². The molecule has 6 aromatic carbocycles. The molecular formula is C48H38BrFN8O10. The van der Waals surface area contributed by atoms with E-state index >= 15 is 0 Å². The smallest absolute Gasteiger partial charge is 0.414 e. The first kappa shape index (κ1) is 45.2. The van der Waals surface area contributed by atoms with Gasteiger partial charge in [-0.05, 0) is 76.1 Å². The number of hydrogen-bond acceptors (Lipinski definition) is 11. The quantitative estimate of drug-likeness (QED) is 0.0691. The van der Waals surface area contributed by atoms with Crippen LogP contribution in [0.25, 0.3) is 22.1 Å². The molecule has 344 valence electrons. The van der Waals surface area contributed by atoms with Crippen molar-refractivity contribution in [2.45, 2.75) is 24.1 Å². The Morgan fingerprint density at radius 2 is 1.29 bits per heavy atom. The van der Waals surface area contributed by atoms with E-state index in [1.807, 2.05) is 30.3 Å². The maximum absolute atomic E-state index is 13.9. The molecule has 68 heavy (non-hydrogen) atoms. The van der Waals surface area contributed by atoms with Crippen molar-refractivity contribution in [1.29, 1.82) is 0 Å². The van der Waals surface area contributed by atoms with Crippen LogP contribution in [0.5, 0.6) is 0 Å². The van der Waals surface area contributed by atoms with Crippen LogP contribution < -0.4 is 15.5 Å². The number of imidazole rings is 2. The molecule has 8 aromatic rings. The minimum Gasteiger partial charge on any atom is -0.465 e. The largest absolute Gasteiger partial charge is 0.465 e. The first-order chi connectivity index (χ1) is 32.7. The van der Waals surface area contributed by atoms with Crippen LogP contribution >= 0.6 is 15.9 Å². The Bertz CT molecular complexity index is 3280. The van der Waals surface area contributed by atoms with E-state index in [9.17, 15) is 38.9 Å². The van der Waals surface area contributed by atoms with Gasteiger partial charge in [-0.2, -0.15) is 0 Å². The van der Waals surface area contributed by atoms with Gasteiger partial charge in [0, 0.05) is 45.6 Å². The number of anilines is 3. The predicted octanol–water partition coefficient (Wildman–Crippen LogP) is 6.72. The first-order valence-corrected chi connectivity index (χ1v) is 21.5. The molecule has 0 saturated heterocycles. The highest BCUT2D eigenvalue weighted by molar-refractivity contribution is 9.10. The molecule has 4 amide bonds. The lowest BCUT2D eigenvalue weighted by atomic mass is 9.93. The minimum absolute atomic E-state index is 0.0267. The van der Waals surface area contributed by atoms with E-state index in [1.54, 1.807) is 84.9 Å². The van der Waals surface area contributed by atoms with Crippen molar-refractivity contribution < 1.29 is 53.8 Å². The number of ether oxygens (including phenoxy) is 1. The van der Waals surface area contributed by atoms with Gasteiger partial charge in [-0.3, -0.25) is 30.0 Å². The van der Waals surface area contributed by atoms with Gasteiger partial charge in [-0.1, -0.05) is 78.9 Å². The summed E-state index contributed by atoms with van der Waals surface area (Å²) in [5, 5.41) is 55.7. The van der Waals surface area contributed by atoms with Gasteiger partial charge in [-0.25, -0.2) is 23.9 Å². The number of hydrogen-bond donors (Lipinski definition) is 9. The van der Waals surface area contributed by atoms with Crippen molar-refractivity contribution in [1.82, 2.24) is 24.8 Å². The number of halogens is 2. The summed E-state index contributed by atoms with van der Waals surface area (Å²) in [5.41, 5.74) is 1.88. The lowest BCUT2D eigenvalue weighted by molar-refractivity contribution is -0.0542. The molecule has 0 radical (unpaired) electrons. The Morgan fingerprint density at radius 1 is 0.735 bits per heavy atom. The number of H-pyrrole nitrogens is 2. The summed E-state index contributed by atoms with van der Waals surface area (Å²) >= 11 is 3.13. The zero-order chi connectivity index (χ0) is 47.9. The Hall–Kier alpha value is -8.01. The first-order valence-electron chi connectivity index (χ1n) is 20.7. The standard InChI is InChI=1S/C26H24N4O6.C22H14BrFN4O4/c31-14-18(32)15-36-25(34)29-24-27-21-11-10-17(12-22(21)28-24)26(35)20-9-5-4-8-19(20)23(33)30(26)13-16-6-2-1-3-7-16;23-15-10-12(6-7-16(15)24)28-19(29)13-3-1-2-4-14(13)22(28,32)11-5-8-17-18(9-11)26-20(25-17)27-21(30)31/h1-12,18,31-32,35H,13-15H2,(H2,27,28,29,34);1-10,32H,(H,30,31)(H2,25,26,27). The number of benzene rings is 6. The molecule has 3 unspecified atom stereocenters. The molecule has 10 rings (SSSR count).